The predicted octanol–water partition coefficient (Wildman–Crippen LogP) is 2.50. The van der Waals surface area contributed by atoms with Gasteiger partial charge in [0.05, 0.1) is 6.54 Å². The predicted molar refractivity (Wildman–Crippen MR) is 70.9 cm³/mol. The fourth-order valence-corrected chi connectivity index (χ4v) is 2.11. The van der Waals surface area contributed by atoms with Crippen LogP contribution in [0.4, 0.5) is 4.39 Å². The molecule has 98 valence electrons. The Morgan fingerprint density at radius 1 is 1.32 bits per heavy atom. The zero-order chi connectivity index (χ0) is 14.0. The summed E-state index contributed by atoms with van der Waals surface area (Å²) in [5.41, 5.74) is -0.420. The fourth-order valence-electron chi connectivity index (χ4n) is 1.70. The lowest BCUT2D eigenvalue weighted by Crippen LogP contribution is -2.25. The smallest absolute Gasteiger partial charge is 0.352 e. The maximum absolute atomic E-state index is 13.6. The summed E-state index contributed by atoms with van der Waals surface area (Å²) in [6, 6.07) is 8.21. The number of aromatic carboxylic acids is 1. The van der Waals surface area contributed by atoms with Gasteiger partial charge in [-0.25, -0.2) is 9.18 Å². The van der Waals surface area contributed by atoms with Crippen molar-refractivity contribution in [3.05, 3.63) is 68.3 Å². The van der Waals surface area contributed by atoms with Gasteiger partial charge in [0.2, 0.25) is 0 Å². The summed E-state index contributed by atoms with van der Waals surface area (Å²) >= 11 is 3.21. The fraction of sp³-hybridized carbons (Fsp3) is 0.0769. The Morgan fingerprint density at radius 3 is 2.74 bits per heavy atom. The van der Waals surface area contributed by atoms with Crippen LogP contribution < -0.4 is 5.56 Å². The van der Waals surface area contributed by atoms with Crippen molar-refractivity contribution in [2.24, 2.45) is 0 Å². The Morgan fingerprint density at radius 2 is 2.05 bits per heavy atom. The summed E-state index contributed by atoms with van der Waals surface area (Å²) in [5, 5.41) is 9.03. The number of benzene rings is 1. The zero-order valence-electron chi connectivity index (χ0n) is 9.64. The molecule has 0 saturated heterocycles. The third kappa shape index (κ3) is 2.90. The third-order valence-electron chi connectivity index (χ3n) is 2.61. The average molecular weight is 326 g/mol. The van der Waals surface area contributed by atoms with Gasteiger partial charge in [-0.2, -0.15) is 0 Å². The molecule has 0 aliphatic rings. The van der Waals surface area contributed by atoms with Crippen LogP contribution in [-0.2, 0) is 6.54 Å². The Labute approximate surface area is 116 Å². The standard InChI is InChI=1S/C13H9BrFNO3/c14-9-4-5-10(15)8(6-9)7-16-11(13(18)19)2-1-3-12(16)17/h1-6H,7H2,(H,18,19). The number of rotatable bonds is 3. The van der Waals surface area contributed by atoms with Gasteiger partial charge in [-0.05, 0) is 24.3 Å². The minimum absolute atomic E-state index is 0.132. The summed E-state index contributed by atoms with van der Waals surface area (Å²) in [6.07, 6.45) is 0. The second-order valence-electron chi connectivity index (χ2n) is 3.88. The maximum Gasteiger partial charge on any atom is 0.352 e. The first-order valence-corrected chi connectivity index (χ1v) is 6.15. The molecule has 1 aromatic carbocycles. The highest BCUT2D eigenvalue weighted by molar-refractivity contribution is 9.10. The molecule has 4 nitrogen and oxygen atoms in total. The second kappa shape index (κ2) is 5.36. The van der Waals surface area contributed by atoms with Crippen molar-refractivity contribution in [1.29, 1.82) is 0 Å². The van der Waals surface area contributed by atoms with Crippen molar-refractivity contribution in [2.45, 2.75) is 6.54 Å². The molecule has 0 aliphatic carbocycles. The lowest BCUT2D eigenvalue weighted by Gasteiger charge is -2.10. The molecule has 0 aliphatic heterocycles. The van der Waals surface area contributed by atoms with Gasteiger partial charge in [-0.15, -0.1) is 0 Å². The molecule has 0 fully saturated rings. The van der Waals surface area contributed by atoms with Crippen LogP contribution in [0, 0.1) is 5.82 Å². The van der Waals surface area contributed by atoms with Crippen molar-refractivity contribution >= 4 is 21.9 Å². The van der Waals surface area contributed by atoms with E-state index < -0.39 is 17.3 Å². The molecule has 2 rings (SSSR count). The van der Waals surface area contributed by atoms with Crippen LogP contribution in [0.15, 0.2) is 45.7 Å². The molecule has 0 spiro atoms. The first-order chi connectivity index (χ1) is 8.99. The van der Waals surface area contributed by atoms with Crippen molar-refractivity contribution < 1.29 is 14.3 Å². The van der Waals surface area contributed by atoms with Gasteiger partial charge in [-0.3, -0.25) is 9.36 Å². The van der Waals surface area contributed by atoms with Crippen LogP contribution in [0.2, 0.25) is 0 Å². The van der Waals surface area contributed by atoms with Gasteiger partial charge in [0, 0.05) is 16.1 Å². The van der Waals surface area contributed by atoms with E-state index in [0.29, 0.717) is 4.47 Å². The SMILES string of the molecule is O=C(O)c1cccc(=O)n1Cc1cc(Br)ccc1F. The monoisotopic (exact) mass is 325 g/mol. The molecule has 2 aromatic rings. The quantitative estimate of drug-likeness (QED) is 0.943. The van der Waals surface area contributed by atoms with Gasteiger partial charge in [0.1, 0.15) is 11.5 Å². The molecule has 1 heterocycles. The van der Waals surface area contributed by atoms with E-state index in [1.54, 1.807) is 0 Å². The number of nitrogens with zero attached hydrogens (tertiary/aromatic N) is 1. The van der Waals surface area contributed by atoms with Crippen LogP contribution in [0.5, 0.6) is 0 Å². The molecule has 19 heavy (non-hydrogen) atoms. The van der Waals surface area contributed by atoms with E-state index in [4.69, 9.17) is 5.11 Å². The van der Waals surface area contributed by atoms with E-state index in [1.165, 1.54) is 36.4 Å². The van der Waals surface area contributed by atoms with Gasteiger partial charge >= 0.3 is 5.97 Å². The lowest BCUT2D eigenvalue weighted by molar-refractivity contribution is 0.0684. The van der Waals surface area contributed by atoms with Crippen molar-refractivity contribution in [3.8, 4) is 0 Å². The normalized spacial score (nSPS) is 10.4. The zero-order valence-corrected chi connectivity index (χ0v) is 11.2. The van der Waals surface area contributed by atoms with Crippen LogP contribution in [0.3, 0.4) is 0 Å². The highest BCUT2D eigenvalue weighted by Crippen LogP contribution is 2.16. The number of carboxylic acids is 1. The van der Waals surface area contributed by atoms with Gasteiger partial charge in [-0.1, -0.05) is 22.0 Å². The topological polar surface area (TPSA) is 59.3 Å². The molecule has 6 heteroatoms. The molecular weight excluding hydrogens is 317 g/mol. The summed E-state index contributed by atoms with van der Waals surface area (Å²) in [5.74, 6) is -1.72. The number of hydrogen-bond donors (Lipinski definition) is 1. The lowest BCUT2D eigenvalue weighted by atomic mass is 10.2. The molecule has 1 N–H and O–H groups in total. The van der Waals surface area contributed by atoms with Crippen molar-refractivity contribution in [1.82, 2.24) is 4.57 Å². The van der Waals surface area contributed by atoms with Crippen LogP contribution in [0.25, 0.3) is 0 Å². The molecule has 0 amide bonds. The molecule has 0 unspecified atom stereocenters. The largest absolute Gasteiger partial charge is 0.477 e. The minimum Gasteiger partial charge on any atom is -0.477 e. The van der Waals surface area contributed by atoms with Crippen molar-refractivity contribution in [2.75, 3.05) is 0 Å². The van der Waals surface area contributed by atoms with E-state index in [-0.39, 0.29) is 17.8 Å². The number of pyridine rings is 1. The van der Waals surface area contributed by atoms with Gasteiger partial charge in [0.25, 0.3) is 5.56 Å². The average Bonchev–Trinajstić information content (AvgIpc) is 2.35. The third-order valence-corrected chi connectivity index (χ3v) is 3.10. The summed E-state index contributed by atoms with van der Waals surface area (Å²) in [7, 11) is 0. The molecule has 0 saturated carbocycles. The first-order valence-electron chi connectivity index (χ1n) is 5.36. The maximum atomic E-state index is 13.6. The Bertz CT molecular complexity index is 697. The van der Waals surface area contributed by atoms with Crippen LogP contribution in [0.1, 0.15) is 16.1 Å². The number of hydrogen-bond acceptors (Lipinski definition) is 2. The number of carbonyl (C=O) groups is 1. The Balaban J connectivity index is 2.52. The number of carboxylic acid groups (broad SMARTS) is 1. The van der Waals surface area contributed by atoms with E-state index in [0.717, 1.165) is 4.57 Å². The number of halogens is 2. The Hall–Kier alpha value is -1.95. The first kappa shape index (κ1) is 13.5. The molecule has 0 bridgehead atoms. The van der Waals surface area contributed by atoms with Crippen molar-refractivity contribution in [3.63, 3.8) is 0 Å². The van der Waals surface area contributed by atoms with E-state index in [2.05, 4.69) is 15.9 Å². The minimum atomic E-state index is -1.23. The number of aromatic nitrogens is 1. The summed E-state index contributed by atoms with van der Waals surface area (Å²) in [6.45, 7) is -0.132. The summed E-state index contributed by atoms with van der Waals surface area (Å²) < 4.78 is 15.3. The summed E-state index contributed by atoms with van der Waals surface area (Å²) in [4.78, 5) is 22.8. The van der Waals surface area contributed by atoms with Gasteiger partial charge in [0.15, 0.2) is 0 Å². The molecule has 0 atom stereocenters. The molecule has 0 radical (unpaired) electrons. The molecule has 1 aromatic heterocycles. The van der Waals surface area contributed by atoms with Crippen LogP contribution in [-0.4, -0.2) is 15.6 Å². The van der Waals surface area contributed by atoms with E-state index in [1.807, 2.05) is 0 Å². The van der Waals surface area contributed by atoms with Crippen LogP contribution >= 0.6 is 15.9 Å². The van der Waals surface area contributed by atoms with E-state index >= 15 is 0 Å². The Kier molecular flexibility index (Phi) is 3.80. The highest BCUT2D eigenvalue weighted by atomic mass is 79.9. The van der Waals surface area contributed by atoms with Gasteiger partial charge < -0.3 is 5.11 Å². The highest BCUT2D eigenvalue weighted by Gasteiger charge is 2.12. The van der Waals surface area contributed by atoms with E-state index in [9.17, 15) is 14.0 Å². The molecular formula is C13H9BrFNO3. The second-order valence-corrected chi connectivity index (χ2v) is 4.79.